The minimum atomic E-state index is 0.0378. The number of thioether (sulfide) groups is 1. The van der Waals surface area contributed by atoms with E-state index in [0.29, 0.717) is 18.6 Å². The number of fused-ring (bicyclic) bond motifs is 2. The van der Waals surface area contributed by atoms with E-state index in [-0.39, 0.29) is 5.37 Å². The third-order valence-corrected chi connectivity index (χ3v) is 8.03. The van der Waals surface area contributed by atoms with Crippen molar-refractivity contribution in [1.82, 2.24) is 5.32 Å². The predicted octanol–water partition coefficient (Wildman–Crippen LogP) is 6.55. The molecule has 1 heterocycles. The SMILES string of the molecule is N/C=C(/CS)N=CCc1c2ccccc2c(CC=N/C(=C\N)C2NC=CS2)c2cc(-c3ccccc3)ccc12. The summed E-state index contributed by atoms with van der Waals surface area (Å²) in [6.45, 7) is 0. The molecule has 5 rings (SSSR count). The molecule has 0 bridgehead atoms. The minimum absolute atomic E-state index is 0.0378. The first kappa shape index (κ1) is 26.7. The monoisotopic (exact) mass is 549 g/mol. The van der Waals surface area contributed by atoms with E-state index in [1.54, 1.807) is 18.0 Å². The van der Waals surface area contributed by atoms with Gasteiger partial charge in [-0.15, -0.1) is 11.8 Å². The van der Waals surface area contributed by atoms with Crippen molar-refractivity contribution < 1.29 is 0 Å². The highest BCUT2D eigenvalue weighted by Crippen LogP contribution is 2.36. The van der Waals surface area contributed by atoms with Crippen LogP contribution in [0.5, 0.6) is 0 Å². The van der Waals surface area contributed by atoms with Gasteiger partial charge in [0.2, 0.25) is 0 Å². The number of hydrogen-bond acceptors (Lipinski definition) is 7. The molecule has 0 saturated heterocycles. The first-order valence-electron chi connectivity index (χ1n) is 12.8. The van der Waals surface area contributed by atoms with Crippen molar-refractivity contribution in [3.05, 3.63) is 119 Å². The van der Waals surface area contributed by atoms with Gasteiger partial charge in [-0.05, 0) is 55.3 Å². The van der Waals surface area contributed by atoms with E-state index in [1.165, 1.54) is 50.0 Å². The van der Waals surface area contributed by atoms with Crippen LogP contribution in [0.15, 0.2) is 118 Å². The first-order chi connectivity index (χ1) is 19.2. The number of hydrogen-bond donors (Lipinski definition) is 4. The van der Waals surface area contributed by atoms with Crippen LogP contribution < -0.4 is 16.8 Å². The zero-order valence-electron chi connectivity index (χ0n) is 21.5. The third-order valence-electron chi connectivity index (χ3n) is 6.77. The molecular formula is C32H31N5S2. The molecule has 0 fully saturated rings. The number of nitrogens with zero attached hydrogens (tertiary/aromatic N) is 2. The molecule has 5 nitrogen and oxygen atoms in total. The van der Waals surface area contributed by atoms with E-state index in [4.69, 9.17) is 16.5 Å². The van der Waals surface area contributed by atoms with Crippen LogP contribution >= 0.6 is 24.4 Å². The maximum atomic E-state index is 5.92. The van der Waals surface area contributed by atoms with Gasteiger partial charge in [-0.1, -0.05) is 66.7 Å². The van der Waals surface area contributed by atoms with Crippen molar-refractivity contribution in [2.45, 2.75) is 18.2 Å². The highest BCUT2D eigenvalue weighted by Gasteiger charge is 2.16. The van der Waals surface area contributed by atoms with Crippen molar-refractivity contribution in [3.63, 3.8) is 0 Å². The summed E-state index contributed by atoms with van der Waals surface area (Å²) in [6.07, 6.45) is 10.3. The van der Waals surface area contributed by atoms with Gasteiger partial charge < -0.3 is 16.8 Å². The Bertz CT molecular complexity index is 1610. The number of aliphatic imine (C=N–C) groups is 2. The predicted molar refractivity (Wildman–Crippen MR) is 173 cm³/mol. The lowest BCUT2D eigenvalue weighted by molar-refractivity contribution is 0.879. The van der Waals surface area contributed by atoms with E-state index in [2.05, 4.69) is 89.7 Å². The van der Waals surface area contributed by atoms with Crippen LogP contribution in [-0.4, -0.2) is 23.6 Å². The van der Waals surface area contributed by atoms with Crippen molar-refractivity contribution in [3.8, 4) is 11.1 Å². The van der Waals surface area contributed by atoms with Crippen LogP contribution in [0.4, 0.5) is 0 Å². The van der Waals surface area contributed by atoms with Crippen LogP contribution in [-0.2, 0) is 12.8 Å². The molecule has 0 radical (unpaired) electrons. The van der Waals surface area contributed by atoms with E-state index in [0.717, 1.165) is 11.4 Å². The third kappa shape index (κ3) is 5.90. The zero-order chi connectivity index (χ0) is 27.0. The van der Waals surface area contributed by atoms with Gasteiger partial charge >= 0.3 is 0 Å². The standard InChI is InChI=1S/C32H31N5S2/c33-19-24(21-38)35-14-12-28-25-8-4-5-9-26(25)29(13-15-36-31(20-34)32-37-16-17-39-32)30-18-23(10-11-27(28)30)22-6-2-1-3-7-22/h1-11,14-20,32,37-38H,12-13,21,33-34H2/b24-19-,31-20-,35-14?,36-15?. The van der Waals surface area contributed by atoms with Gasteiger partial charge in [0.1, 0.15) is 5.37 Å². The number of nitrogens with two attached hydrogens (primary N) is 2. The highest BCUT2D eigenvalue weighted by molar-refractivity contribution is 8.03. The molecule has 4 aromatic carbocycles. The molecule has 1 aliphatic rings. The summed E-state index contributed by atoms with van der Waals surface area (Å²) in [4.78, 5) is 9.32. The molecule has 0 aromatic heterocycles. The molecule has 196 valence electrons. The Kier molecular flexibility index (Phi) is 8.71. The summed E-state index contributed by atoms with van der Waals surface area (Å²) >= 11 is 5.98. The highest BCUT2D eigenvalue weighted by atomic mass is 32.2. The van der Waals surface area contributed by atoms with Gasteiger partial charge in [0.05, 0.1) is 11.4 Å². The van der Waals surface area contributed by atoms with Crippen molar-refractivity contribution in [2.24, 2.45) is 21.5 Å². The van der Waals surface area contributed by atoms with Gasteiger partial charge in [-0.3, -0.25) is 9.98 Å². The fourth-order valence-corrected chi connectivity index (χ4v) is 5.81. The van der Waals surface area contributed by atoms with Crippen molar-refractivity contribution in [1.29, 1.82) is 0 Å². The first-order valence-corrected chi connectivity index (χ1v) is 14.4. The number of rotatable bonds is 9. The summed E-state index contributed by atoms with van der Waals surface area (Å²) < 4.78 is 0. The van der Waals surface area contributed by atoms with E-state index < -0.39 is 0 Å². The lowest BCUT2D eigenvalue weighted by Gasteiger charge is -2.17. The Morgan fingerprint density at radius 1 is 0.795 bits per heavy atom. The Morgan fingerprint density at radius 3 is 2.10 bits per heavy atom. The van der Waals surface area contributed by atoms with Crippen molar-refractivity contribution in [2.75, 3.05) is 5.75 Å². The van der Waals surface area contributed by atoms with Crippen molar-refractivity contribution >= 4 is 58.4 Å². The molecule has 7 heteroatoms. The average molecular weight is 550 g/mol. The minimum Gasteiger partial charge on any atom is -0.403 e. The summed E-state index contributed by atoms with van der Waals surface area (Å²) in [6, 6.07) is 25.8. The Hall–Kier alpha value is -3.94. The second-order valence-corrected chi connectivity index (χ2v) is 10.4. The summed E-state index contributed by atoms with van der Waals surface area (Å²) in [5.41, 5.74) is 18.0. The van der Waals surface area contributed by atoms with Gasteiger partial charge in [-0.25, -0.2) is 0 Å². The summed E-state index contributed by atoms with van der Waals surface area (Å²) in [5.74, 6) is 0.497. The van der Waals surface area contributed by atoms with E-state index in [1.807, 2.05) is 30.1 Å². The van der Waals surface area contributed by atoms with Gasteiger partial charge in [-0.2, -0.15) is 12.6 Å². The molecule has 39 heavy (non-hydrogen) atoms. The Morgan fingerprint density at radius 2 is 1.46 bits per heavy atom. The molecule has 1 unspecified atom stereocenters. The van der Waals surface area contributed by atoms with Gasteiger partial charge in [0.25, 0.3) is 0 Å². The van der Waals surface area contributed by atoms with Crippen LogP contribution in [0.2, 0.25) is 0 Å². The maximum Gasteiger partial charge on any atom is 0.120 e. The normalized spacial score (nSPS) is 16.2. The fraction of sp³-hybridized carbons (Fsp3) is 0.125. The van der Waals surface area contributed by atoms with Crippen LogP contribution in [0.3, 0.4) is 0 Å². The molecule has 5 N–H and O–H groups in total. The van der Waals surface area contributed by atoms with E-state index >= 15 is 0 Å². The zero-order valence-corrected chi connectivity index (χ0v) is 23.2. The Balaban J connectivity index is 1.64. The smallest absolute Gasteiger partial charge is 0.120 e. The van der Waals surface area contributed by atoms with Crippen LogP contribution in [0.1, 0.15) is 11.1 Å². The average Bonchev–Trinajstić information content (AvgIpc) is 3.53. The summed E-state index contributed by atoms with van der Waals surface area (Å²) in [7, 11) is 0. The largest absolute Gasteiger partial charge is 0.403 e. The second kappa shape index (κ2) is 12.7. The van der Waals surface area contributed by atoms with Gasteiger partial charge in [0.15, 0.2) is 0 Å². The lowest BCUT2D eigenvalue weighted by Crippen LogP contribution is -2.18. The Labute approximate surface area is 238 Å². The molecule has 0 amide bonds. The topological polar surface area (TPSA) is 88.8 Å². The molecule has 0 saturated carbocycles. The molecular weight excluding hydrogens is 519 g/mol. The van der Waals surface area contributed by atoms with Crippen LogP contribution in [0.25, 0.3) is 32.7 Å². The molecule has 1 aliphatic heterocycles. The number of thiol groups is 1. The lowest BCUT2D eigenvalue weighted by atomic mass is 9.88. The number of benzene rings is 4. The number of nitrogens with one attached hydrogen (secondary N) is 1. The molecule has 0 aliphatic carbocycles. The van der Waals surface area contributed by atoms with E-state index in [9.17, 15) is 0 Å². The second-order valence-electron chi connectivity index (χ2n) is 9.05. The van der Waals surface area contributed by atoms with Crippen LogP contribution in [0, 0.1) is 0 Å². The van der Waals surface area contributed by atoms with Gasteiger partial charge in [0, 0.05) is 49.6 Å². The quantitative estimate of drug-likeness (QED) is 0.108. The molecule has 0 spiro atoms. The molecule has 4 aromatic rings. The fourth-order valence-electron chi connectivity index (χ4n) is 4.88. The maximum absolute atomic E-state index is 5.92. The molecule has 1 atom stereocenters. The summed E-state index contributed by atoms with van der Waals surface area (Å²) in [5, 5.41) is 10.2.